The number of aryl methyl sites for hydroxylation is 2. The van der Waals surface area contributed by atoms with Crippen LogP contribution in [0.25, 0.3) is 21.8 Å². The van der Waals surface area contributed by atoms with E-state index in [1.54, 1.807) is 0 Å². The molecule has 84 valence electrons. The number of hydrogen-bond acceptors (Lipinski definition) is 2. The number of benzene rings is 1. The van der Waals surface area contributed by atoms with Gasteiger partial charge in [0.25, 0.3) is 0 Å². The van der Waals surface area contributed by atoms with E-state index in [1.165, 1.54) is 47.6 Å². The fourth-order valence-corrected chi connectivity index (χ4v) is 2.93. The predicted molar refractivity (Wildman–Crippen MR) is 68.0 cm³/mol. The molecule has 0 saturated heterocycles. The molecular weight excluding hydrogens is 210 g/mol. The normalized spacial score (nSPS) is 15.3. The van der Waals surface area contributed by atoms with Crippen molar-refractivity contribution in [3.8, 4) is 0 Å². The first-order valence-electron chi connectivity index (χ1n) is 6.16. The summed E-state index contributed by atoms with van der Waals surface area (Å²) in [5, 5.41) is 9.72. The Bertz CT molecular complexity index is 712. The van der Waals surface area contributed by atoms with E-state index in [9.17, 15) is 0 Å². The van der Waals surface area contributed by atoms with Crippen LogP contribution in [0.3, 0.4) is 0 Å². The third kappa shape index (κ3) is 1.22. The molecule has 0 bridgehead atoms. The summed E-state index contributed by atoms with van der Waals surface area (Å²) in [4.78, 5) is 4.58. The average molecular weight is 223 g/mol. The first-order chi connectivity index (χ1) is 8.43. The van der Waals surface area contributed by atoms with Gasteiger partial charge in [-0.15, -0.1) is 0 Å². The van der Waals surface area contributed by atoms with Crippen LogP contribution >= 0.6 is 0 Å². The zero-order valence-corrected chi connectivity index (χ0v) is 9.53. The summed E-state index contributed by atoms with van der Waals surface area (Å²) in [7, 11) is 0. The van der Waals surface area contributed by atoms with Gasteiger partial charge in [0.1, 0.15) is 0 Å². The van der Waals surface area contributed by atoms with Crippen molar-refractivity contribution >= 4 is 21.8 Å². The summed E-state index contributed by atoms with van der Waals surface area (Å²) >= 11 is 0. The van der Waals surface area contributed by atoms with Crippen LogP contribution in [0, 0.1) is 0 Å². The SMILES string of the molecule is c1nc2ccc3[nH]ncc3c2c2c1CCCC2. The first-order valence-corrected chi connectivity index (χ1v) is 6.16. The lowest BCUT2D eigenvalue weighted by molar-refractivity contribution is 0.688. The zero-order chi connectivity index (χ0) is 11.2. The number of fused-ring (bicyclic) bond motifs is 5. The molecule has 3 heteroatoms. The molecule has 0 atom stereocenters. The van der Waals surface area contributed by atoms with Crippen LogP contribution in [0.5, 0.6) is 0 Å². The Morgan fingerprint density at radius 3 is 3.00 bits per heavy atom. The van der Waals surface area contributed by atoms with Gasteiger partial charge in [0.05, 0.1) is 17.2 Å². The Hall–Kier alpha value is -1.90. The van der Waals surface area contributed by atoms with Gasteiger partial charge in [-0.25, -0.2) is 0 Å². The van der Waals surface area contributed by atoms with Crippen LogP contribution in [0.15, 0.2) is 24.5 Å². The Morgan fingerprint density at radius 2 is 2.00 bits per heavy atom. The molecule has 3 nitrogen and oxygen atoms in total. The van der Waals surface area contributed by atoms with Crippen molar-refractivity contribution in [3.63, 3.8) is 0 Å². The molecule has 0 radical (unpaired) electrons. The number of H-pyrrole nitrogens is 1. The number of aromatic amines is 1. The van der Waals surface area contributed by atoms with Crippen LogP contribution in [-0.4, -0.2) is 15.2 Å². The van der Waals surface area contributed by atoms with Crippen LogP contribution < -0.4 is 0 Å². The van der Waals surface area contributed by atoms with Crippen LogP contribution in [0.1, 0.15) is 24.0 Å². The van der Waals surface area contributed by atoms with Gasteiger partial charge in [0, 0.05) is 17.0 Å². The summed E-state index contributed by atoms with van der Waals surface area (Å²) in [5.41, 5.74) is 5.13. The Kier molecular flexibility index (Phi) is 1.78. The number of pyridine rings is 1. The quantitative estimate of drug-likeness (QED) is 0.636. The molecule has 3 aromatic rings. The minimum Gasteiger partial charge on any atom is -0.278 e. The fourth-order valence-electron chi connectivity index (χ4n) is 2.93. The molecule has 17 heavy (non-hydrogen) atoms. The van der Waals surface area contributed by atoms with E-state index in [4.69, 9.17) is 0 Å². The highest BCUT2D eigenvalue weighted by atomic mass is 15.1. The van der Waals surface area contributed by atoms with Gasteiger partial charge in [0.2, 0.25) is 0 Å². The minimum atomic E-state index is 1.10. The summed E-state index contributed by atoms with van der Waals surface area (Å²) in [6.07, 6.45) is 8.92. The van der Waals surface area contributed by atoms with Gasteiger partial charge >= 0.3 is 0 Å². The van der Waals surface area contributed by atoms with E-state index in [2.05, 4.69) is 33.5 Å². The average Bonchev–Trinajstić information content (AvgIpc) is 2.86. The maximum absolute atomic E-state index is 4.58. The second kappa shape index (κ2) is 3.29. The molecule has 0 saturated carbocycles. The number of hydrogen-bond donors (Lipinski definition) is 1. The van der Waals surface area contributed by atoms with Gasteiger partial charge in [-0.1, -0.05) is 0 Å². The van der Waals surface area contributed by atoms with Crippen LogP contribution in [0.2, 0.25) is 0 Å². The second-order valence-electron chi connectivity index (χ2n) is 4.76. The Labute approximate surface area is 98.9 Å². The third-order valence-corrected chi connectivity index (χ3v) is 3.77. The summed E-state index contributed by atoms with van der Waals surface area (Å²) in [6.45, 7) is 0. The molecule has 1 aromatic carbocycles. The van der Waals surface area contributed by atoms with Crippen LogP contribution in [0.4, 0.5) is 0 Å². The molecule has 2 heterocycles. The molecule has 1 N–H and O–H groups in total. The predicted octanol–water partition coefficient (Wildman–Crippen LogP) is 2.99. The van der Waals surface area contributed by atoms with Gasteiger partial charge in [-0.3, -0.25) is 10.1 Å². The fraction of sp³-hybridized carbons (Fsp3) is 0.286. The second-order valence-corrected chi connectivity index (χ2v) is 4.76. The molecule has 0 spiro atoms. The van der Waals surface area contributed by atoms with E-state index in [0.717, 1.165) is 11.0 Å². The van der Waals surface area contributed by atoms with Gasteiger partial charge in [-0.05, 0) is 48.9 Å². The summed E-state index contributed by atoms with van der Waals surface area (Å²) in [5.74, 6) is 0. The minimum absolute atomic E-state index is 1.10. The van der Waals surface area contributed by atoms with Crippen molar-refractivity contribution in [2.24, 2.45) is 0 Å². The molecule has 0 aliphatic heterocycles. The molecule has 0 unspecified atom stereocenters. The molecule has 2 aromatic heterocycles. The number of nitrogens with zero attached hydrogens (tertiary/aromatic N) is 2. The van der Waals surface area contributed by atoms with E-state index < -0.39 is 0 Å². The van der Waals surface area contributed by atoms with Crippen molar-refractivity contribution in [1.82, 2.24) is 15.2 Å². The lowest BCUT2D eigenvalue weighted by Gasteiger charge is -2.17. The molecule has 0 fully saturated rings. The molecule has 1 aliphatic rings. The molecule has 4 rings (SSSR count). The van der Waals surface area contributed by atoms with Crippen molar-refractivity contribution in [2.45, 2.75) is 25.7 Å². The monoisotopic (exact) mass is 223 g/mol. The molecule has 0 amide bonds. The van der Waals surface area contributed by atoms with Crippen molar-refractivity contribution in [1.29, 1.82) is 0 Å². The topological polar surface area (TPSA) is 41.6 Å². The third-order valence-electron chi connectivity index (χ3n) is 3.77. The van der Waals surface area contributed by atoms with Crippen molar-refractivity contribution in [3.05, 3.63) is 35.7 Å². The highest BCUT2D eigenvalue weighted by molar-refractivity contribution is 6.06. The lowest BCUT2D eigenvalue weighted by Crippen LogP contribution is -2.04. The van der Waals surface area contributed by atoms with E-state index >= 15 is 0 Å². The van der Waals surface area contributed by atoms with Crippen molar-refractivity contribution < 1.29 is 0 Å². The zero-order valence-electron chi connectivity index (χ0n) is 9.53. The maximum Gasteiger partial charge on any atom is 0.0713 e. The van der Waals surface area contributed by atoms with E-state index in [1.807, 2.05) is 6.20 Å². The summed E-state index contributed by atoms with van der Waals surface area (Å²) in [6, 6.07) is 4.15. The highest BCUT2D eigenvalue weighted by Gasteiger charge is 2.15. The number of rotatable bonds is 0. The number of aromatic nitrogens is 3. The van der Waals surface area contributed by atoms with Gasteiger partial charge < -0.3 is 0 Å². The number of nitrogens with one attached hydrogen (secondary N) is 1. The van der Waals surface area contributed by atoms with Gasteiger partial charge in [0.15, 0.2) is 0 Å². The largest absolute Gasteiger partial charge is 0.278 e. The van der Waals surface area contributed by atoms with Gasteiger partial charge in [-0.2, -0.15) is 5.10 Å². The standard InChI is InChI=1S/C14H13N3/c1-2-4-10-9(3-1)7-15-13-6-5-12-11(14(10)13)8-16-17-12/h5-8H,1-4H2,(H,16,17). The maximum atomic E-state index is 4.58. The Balaban J connectivity index is 2.22. The van der Waals surface area contributed by atoms with Crippen molar-refractivity contribution in [2.75, 3.05) is 0 Å². The summed E-state index contributed by atoms with van der Waals surface area (Å²) < 4.78 is 0. The van der Waals surface area contributed by atoms with E-state index in [-0.39, 0.29) is 0 Å². The van der Waals surface area contributed by atoms with E-state index in [0.29, 0.717) is 0 Å². The first kappa shape index (κ1) is 9.16. The lowest BCUT2D eigenvalue weighted by atomic mass is 9.89. The Morgan fingerprint density at radius 1 is 1.06 bits per heavy atom. The molecule has 1 aliphatic carbocycles. The van der Waals surface area contributed by atoms with Crippen LogP contribution in [-0.2, 0) is 12.8 Å². The smallest absolute Gasteiger partial charge is 0.0713 e. The highest BCUT2D eigenvalue weighted by Crippen LogP contribution is 2.31. The molecular formula is C14H13N3.